The van der Waals surface area contributed by atoms with Crippen molar-refractivity contribution in [2.45, 2.75) is 55.2 Å². The van der Waals surface area contributed by atoms with Crippen LogP contribution in [-0.4, -0.2) is 86.1 Å². The largest absolute Gasteiger partial charge is 0.373 e. The van der Waals surface area contributed by atoms with E-state index in [0.29, 0.717) is 24.6 Å². The summed E-state index contributed by atoms with van der Waals surface area (Å²) in [6.07, 6.45) is 3.05. The summed E-state index contributed by atoms with van der Waals surface area (Å²) < 4.78 is 6.41. The van der Waals surface area contributed by atoms with Gasteiger partial charge in [-0.1, -0.05) is 0 Å². The second kappa shape index (κ2) is 7.63. The van der Waals surface area contributed by atoms with Crippen LogP contribution < -0.4 is 32.4 Å². The second-order valence-electron chi connectivity index (χ2n) is 9.20. The van der Waals surface area contributed by atoms with Gasteiger partial charge in [0.25, 0.3) is 0 Å². The molecule has 1 saturated carbocycles. The topological polar surface area (TPSA) is 116 Å². The van der Waals surface area contributed by atoms with Crippen molar-refractivity contribution >= 4 is 17.5 Å². The van der Waals surface area contributed by atoms with E-state index >= 15 is 0 Å². The number of hydrogen-bond acceptors (Lipinski definition) is 8. The summed E-state index contributed by atoms with van der Waals surface area (Å²) in [5.74, 6) is -0.386. The molecule has 0 aromatic heterocycles. The van der Waals surface area contributed by atoms with Gasteiger partial charge in [0.15, 0.2) is 0 Å². The van der Waals surface area contributed by atoms with Crippen LogP contribution in [0.5, 0.6) is 0 Å². The standard InChI is InChI=1S/C18H32ClN7O2/c19-10-5-23-16-14(15(20)25-26(16)7-10)17(27)24-12-6-21-2-1-13(12)28-11-3-18(4-11)8-22-9-18/h10-16,21-23,25H,1-9,20H2,(H,24,27). The van der Waals surface area contributed by atoms with Gasteiger partial charge in [-0.25, -0.2) is 10.4 Å². The number of amides is 1. The van der Waals surface area contributed by atoms with Crippen LogP contribution in [-0.2, 0) is 9.53 Å². The Kier molecular flexibility index (Phi) is 5.30. The summed E-state index contributed by atoms with van der Waals surface area (Å²) in [6, 6.07) is -0.0251. The molecule has 10 heteroatoms. The molecule has 6 atom stereocenters. The van der Waals surface area contributed by atoms with Crippen molar-refractivity contribution in [1.29, 1.82) is 0 Å². The molecule has 1 aliphatic carbocycles. The zero-order valence-electron chi connectivity index (χ0n) is 16.1. The highest BCUT2D eigenvalue weighted by Crippen LogP contribution is 2.46. The van der Waals surface area contributed by atoms with Crippen molar-refractivity contribution in [3.8, 4) is 0 Å². The molecule has 5 rings (SSSR count). The molecule has 7 N–H and O–H groups in total. The Morgan fingerprint density at radius 2 is 2.07 bits per heavy atom. The van der Waals surface area contributed by atoms with Crippen LogP contribution in [0.25, 0.3) is 0 Å². The van der Waals surface area contributed by atoms with Crippen molar-refractivity contribution in [2.24, 2.45) is 17.1 Å². The maximum absolute atomic E-state index is 13.1. The molecule has 4 aliphatic heterocycles. The molecule has 5 fully saturated rings. The Hall–Kier alpha value is -0.520. The summed E-state index contributed by atoms with van der Waals surface area (Å²) in [5.41, 5.74) is 9.92. The molecule has 6 unspecified atom stereocenters. The van der Waals surface area contributed by atoms with Crippen LogP contribution in [0.4, 0.5) is 0 Å². The van der Waals surface area contributed by atoms with Crippen LogP contribution in [0.2, 0.25) is 0 Å². The predicted octanol–water partition coefficient (Wildman–Crippen LogP) is -2.14. The van der Waals surface area contributed by atoms with Gasteiger partial charge in [-0.15, -0.1) is 11.6 Å². The highest BCUT2D eigenvalue weighted by molar-refractivity contribution is 6.21. The van der Waals surface area contributed by atoms with E-state index in [9.17, 15) is 4.79 Å². The van der Waals surface area contributed by atoms with E-state index in [4.69, 9.17) is 22.1 Å². The van der Waals surface area contributed by atoms with Gasteiger partial charge >= 0.3 is 0 Å². The molecule has 0 aromatic rings. The highest BCUT2D eigenvalue weighted by Gasteiger charge is 2.51. The minimum Gasteiger partial charge on any atom is -0.373 e. The number of carbonyl (C=O) groups excluding carboxylic acids is 1. The number of alkyl halides is 1. The fraction of sp³-hybridized carbons (Fsp3) is 0.944. The van der Waals surface area contributed by atoms with E-state index in [1.165, 1.54) is 0 Å². The molecule has 158 valence electrons. The van der Waals surface area contributed by atoms with E-state index in [0.717, 1.165) is 45.4 Å². The van der Waals surface area contributed by atoms with E-state index in [-0.39, 0.29) is 35.5 Å². The maximum Gasteiger partial charge on any atom is 0.229 e. The zero-order chi connectivity index (χ0) is 19.3. The summed E-state index contributed by atoms with van der Waals surface area (Å²) in [5, 5.41) is 15.3. The number of ether oxygens (including phenoxy) is 1. The van der Waals surface area contributed by atoms with E-state index in [2.05, 4.69) is 26.7 Å². The lowest BCUT2D eigenvalue weighted by Crippen LogP contribution is -2.64. The fourth-order valence-electron chi connectivity index (χ4n) is 5.42. The number of nitrogens with one attached hydrogen (secondary N) is 5. The van der Waals surface area contributed by atoms with Gasteiger partial charge in [-0.2, -0.15) is 0 Å². The van der Waals surface area contributed by atoms with Crippen LogP contribution in [0.3, 0.4) is 0 Å². The van der Waals surface area contributed by atoms with Crippen LogP contribution in [0.1, 0.15) is 19.3 Å². The van der Waals surface area contributed by atoms with Gasteiger partial charge in [0, 0.05) is 38.1 Å². The Balaban J connectivity index is 1.18. The summed E-state index contributed by atoms with van der Waals surface area (Å²) in [7, 11) is 0. The first kappa shape index (κ1) is 19.4. The Labute approximate surface area is 170 Å². The van der Waals surface area contributed by atoms with Crippen molar-refractivity contribution in [1.82, 2.24) is 31.7 Å². The molecule has 5 aliphatic rings. The molecule has 0 bridgehead atoms. The number of fused-ring (bicyclic) bond motifs is 1. The van der Waals surface area contributed by atoms with E-state index in [1.54, 1.807) is 0 Å². The maximum atomic E-state index is 13.1. The zero-order valence-corrected chi connectivity index (χ0v) is 16.9. The van der Waals surface area contributed by atoms with Crippen molar-refractivity contribution in [2.75, 3.05) is 39.3 Å². The summed E-state index contributed by atoms with van der Waals surface area (Å²) >= 11 is 6.22. The second-order valence-corrected chi connectivity index (χ2v) is 9.82. The molecular weight excluding hydrogens is 382 g/mol. The average molecular weight is 414 g/mol. The van der Waals surface area contributed by atoms with E-state index < -0.39 is 6.17 Å². The van der Waals surface area contributed by atoms with Crippen molar-refractivity contribution < 1.29 is 9.53 Å². The number of hydrogen-bond donors (Lipinski definition) is 6. The molecule has 9 nitrogen and oxygen atoms in total. The number of carbonyl (C=O) groups is 1. The smallest absolute Gasteiger partial charge is 0.229 e. The molecule has 1 spiro atoms. The Morgan fingerprint density at radius 3 is 2.82 bits per heavy atom. The number of hydrazine groups is 1. The van der Waals surface area contributed by atoms with Gasteiger partial charge < -0.3 is 26.4 Å². The lowest BCUT2D eigenvalue weighted by atomic mass is 9.63. The first-order valence-corrected chi connectivity index (χ1v) is 11.0. The fourth-order valence-corrected chi connectivity index (χ4v) is 5.65. The number of nitrogens with two attached hydrogens (primary N) is 1. The molecule has 0 aromatic carbocycles. The number of nitrogens with zero attached hydrogens (tertiary/aromatic N) is 1. The third-order valence-electron chi connectivity index (χ3n) is 7.06. The lowest BCUT2D eigenvalue weighted by Gasteiger charge is -2.55. The highest BCUT2D eigenvalue weighted by atomic mass is 35.5. The molecule has 4 heterocycles. The predicted molar refractivity (Wildman–Crippen MR) is 105 cm³/mol. The summed E-state index contributed by atoms with van der Waals surface area (Å²) in [6.45, 7) is 5.26. The average Bonchev–Trinajstić information content (AvgIpc) is 2.92. The van der Waals surface area contributed by atoms with E-state index in [1.807, 2.05) is 5.01 Å². The molecular formula is C18H32ClN7O2. The monoisotopic (exact) mass is 413 g/mol. The van der Waals surface area contributed by atoms with Gasteiger partial charge in [-0.3, -0.25) is 10.1 Å². The molecule has 1 amide bonds. The third-order valence-corrected chi connectivity index (χ3v) is 7.35. The van der Waals surface area contributed by atoms with Crippen molar-refractivity contribution in [3.05, 3.63) is 0 Å². The quantitative estimate of drug-likeness (QED) is 0.289. The van der Waals surface area contributed by atoms with Crippen LogP contribution in [0, 0.1) is 11.3 Å². The molecule has 0 radical (unpaired) electrons. The Morgan fingerprint density at radius 1 is 1.25 bits per heavy atom. The van der Waals surface area contributed by atoms with Gasteiger partial charge in [0.2, 0.25) is 5.91 Å². The first-order valence-electron chi connectivity index (χ1n) is 10.6. The minimum atomic E-state index is -0.423. The summed E-state index contributed by atoms with van der Waals surface area (Å²) in [4.78, 5) is 13.1. The Bertz CT molecular complexity index is 598. The SMILES string of the molecule is NC1NN2CC(Cl)CNC2C1C(=O)NC1CNCCC1OC1CC2(CNC2)C1. The number of piperidine rings is 1. The third kappa shape index (κ3) is 3.56. The van der Waals surface area contributed by atoms with Crippen LogP contribution >= 0.6 is 11.6 Å². The van der Waals surface area contributed by atoms with Crippen LogP contribution in [0.15, 0.2) is 0 Å². The van der Waals surface area contributed by atoms with Crippen molar-refractivity contribution in [3.63, 3.8) is 0 Å². The normalized spacial score (nSPS) is 43.2. The minimum absolute atomic E-state index is 0.00900. The van der Waals surface area contributed by atoms with Gasteiger partial charge in [0.1, 0.15) is 0 Å². The lowest BCUT2D eigenvalue weighted by molar-refractivity contribution is -0.148. The molecule has 4 saturated heterocycles. The molecule has 28 heavy (non-hydrogen) atoms. The van der Waals surface area contributed by atoms with Gasteiger partial charge in [-0.05, 0) is 25.8 Å². The number of rotatable bonds is 4. The number of halogens is 1. The van der Waals surface area contributed by atoms with Gasteiger partial charge in [0.05, 0.1) is 41.9 Å². The first-order chi connectivity index (χ1) is 13.5.